The molecular formula is C16H18ClF3N4O2. The average Bonchev–Trinajstić information content (AvgIpc) is 2.57. The van der Waals surface area contributed by atoms with Gasteiger partial charge in [0.05, 0.1) is 10.6 Å². The molecule has 0 aromatic carbocycles. The summed E-state index contributed by atoms with van der Waals surface area (Å²) >= 11 is 5.90. The molecule has 2 amide bonds. The molecule has 3 heterocycles. The van der Waals surface area contributed by atoms with Crippen LogP contribution in [0, 0.1) is 0 Å². The zero-order chi connectivity index (χ0) is 18.9. The molecule has 1 aromatic rings. The van der Waals surface area contributed by atoms with E-state index >= 15 is 0 Å². The highest BCUT2D eigenvalue weighted by molar-refractivity contribution is 6.33. The SMILES string of the molecule is O=C1C[C@@H](N2CCCC(Nc3ncc(C(F)(F)F)cc3Cl)C2=O)CCN1. The number of nitrogens with zero attached hydrogens (tertiary/aromatic N) is 2. The second-order valence-corrected chi connectivity index (χ2v) is 6.83. The summed E-state index contributed by atoms with van der Waals surface area (Å²) in [6, 6.07) is 0.000300. The number of aromatic nitrogens is 1. The topological polar surface area (TPSA) is 74.3 Å². The third kappa shape index (κ3) is 4.03. The molecule has 10 heteroatoms. The van der Waals surface area contributed by atoms with Crippen LogP contribution in [-0.2, 0) is 15.8 Å². The molecule has 2 aliphatic rings. The number of halogens is 4. The predicted octanol–water partition coefficient (Wildman–Crippen LogP) is 2.44. The van der Waals surface area contributed by atoms with Crippen LogP contribution in [-0.4, -0.2) is 46.9 Å². The van der Waals surface area contributed by atoms with Crippen LogP contribution in [0.25, 0.3) is 0 Å². The lowest BCUT2D eigenvalue weighted by Crippen LogP contribution is -2.55. The molecule has 2 N–H and O–H groups in total. The van der Waals surface area contributed by atoms with E-state index in [9.17, 15) is 22.8 Å². The minimum Gasteiger partial charge on any atom is -0.357 e. The largest absolute Gasteiger partial charge is 0.417 e. The summed E-state index contributed by atoms with van der Waals surface area (Å²) in [6.07, 6.45) is -1.66. The number of anilines is 1. The van der Waals surface area contributed by atoms with E-state index in [1.807, 2.05) is 0 Å². The van der Waals surface area contributed by atoms with Gasteiger partial charge in [0.25, 0.3) is 0 Å². The van der Waals surface area contributed by atoms with E-state index in [1.54, 1.807) is 4.90 Å². The molecule has 2 aliphatic heterocycles. The lowest BCUT2D eigenvalue weighted by molar-refractivity contribution is -0.139. The molecule has 2 fully saturated rings. The lowest BCUT2D eigenvalue weighted by Gasteiger charge is -2.39. The molecule has 0 radical (unpaired) electrons. The Labute approximate surface area is 153 Å². The van der Waals surface area contributed by atoms with Crippen LogP contribution in [0.1, 0.15) is 31.2 Å². The zero-order valence-electron chi connectivity index (χ0n) is 13.8. The predicted molar refractivity (Wildman–Crippen MR) is 88.6 cm³/mol. The van der Waals surface area contributed by atoms with Crippen molar-refractivity contribution in [1.82, 2.24) is 15.2 Å². The van der Waals surface area contributed by atoms with Gasteiger partial charge in [-0.1, -0.05) is 11.6 Å². The number of amides is 2. The number of carbonyl (C=O) groups excluding carboxylic acids is 2. The van der Waals surface area contributed by atoms with E-state index < -0.39 is 17.8 Å². The molecule has 1 aromatic heterocycles. The first kappa shape index (κ1) is 18.8. The molecule has 3 rings (SSSR count). The van der Waals surface area contributed by atoms with Gasteiger partial charge < -0.3 is 15.5 Å². The Morgan fingerprint density at radius 3 is 2.73 bits per heavy atom. The number of hydrogen-bond donors (Lipinski definition) is 2. The van der Waals surface area contributed by atoms with E-state index in [2.05, 4.69) is 15.6 Å². The second-order valence-electron chi connectivity index (χ2n) is 6.42. The van der Waals surface area contributed by atoms with Gasteiger partial charge in [0.1, 0.15) is 11.9 Å². The third-order valence-corrected chi connectivity index (χ3v) is 4.90. The molecule has 6 nitrogen and oxygen atoms in total. The van der Waals surface area contributed by atoms with Gasteiger partial charge >= 0.3 is 6.18 Å². The number of rotatable bonds is 3. The van der Waals surface area contributed by atoms with E-state index in [1.165, 1.54) is 0 Å². The van der Waals surface area contributed by atoms with Gasteiger partial charge in [0.15, 0.2) is 0 Å². The van der Waals surface area contributed by atoms with Crippen molar-refractivity contribution in [3.8, 4) is 0 Å². The fourth-order valence-electron chi connectivity index (χ4n) is 3.29. The zero-order valence-corrected chi connectivity index (χ0v) is 14.5. The van der Waals surface area contributed by atoms with Gasteiger partial charge in [-0.15, -0.1) is 0 Å². The summed E-state index contributed by atoms with van der Waals surface area (Å²) in [5.74, 6) is -0.230. The minimum absolute atomic E-state index is 0.0428. The summed E-state index contributed by atoms with van der Waals surface area (Å²) < 4.78 is 38.1. The summed E-state index contributed by atoms with van der Waals surface area (Å²) in [5, 5.41) is 5.39. The van der Waals surface area contributed by atoms with Crippen molar-refractivity contribution in [3.05, 3.63) is 22.8 Å². The van der Waals surface area contributed by atoms with Crippen LogP contribution in [0.2, 0.25) is 5.02 Å². The molecule has 0 aliphatic carbocycles. The smallest absolute Gasteiger partial charge is 0.357 e. The highest BCUT2D eigenvalue weighted by Gasteiger charge is 2.36. The van der Waals surface area contributed by atoms with Crippen molar-refractivity contribution >= 4 is 29.2 Å². The van der Waals surface area contributed by atoms with Crippen molar-refractivity contribution in [2.75, 3.05) is 18.4 Å². The first-order chi connectivity index (χ1) is 12.3. The number of likely N-dealkylation sites (tertiary alicyclic amines) is 1. The summed E-state index contributed by atoms with van der Waals surface area (Å²) in [4.78, 5) is 29.7. The molecule has 1 unspecified atom stereocenters. The third-order valence-electron chi connectivity index (χ3n) is 4.61. The number of piperidine rings is 2. The van der Waals surface area contributed by atoms with Crippen LogP contribution >= 0.6 is 11.6 Å². The lowest BCUT2D eigenvalue weighted by atomic mass is 9.97. The van der Waals surface area contributed by atoms with Crippen LogP contribution < -0.4 is 10.6 Å². The average molecular weight is 391 g/mol. The number of hydrogen-bond acceptors (Lipinski definition) is 4. The number of pyridine rings is 1. The maximum absolute atomic E-state index is 12.8. The standard InChI is InChI=1S/C16H18ClF3N4O2/c17-11-6-9(16(18,19)20)8-22-14(11)23-12-2-1-5-24(15(12)26)10-3-4-21-13(25)7-10/h6,8,10,12H,1-5,7H2,(H,21,25)(H,22,23)/t10-,12?/m0/s1. The van der Waals surface area contributed by atoms with Crippen LogP contribution in [0.4, 0.5) is 19.0 Å². The molecule has 2 atom stereocenters. The molecule has 0 saturated carbocycles. The highest BCUT2D eigenvalue weighted by atomic mass is 35.5. The minimum atomic E-state index is -4.53. The van der Waals surface area contributed by atoms with Crippen molar-refractivity contribution in [3.63, 3.8) is 0 Å². The van der Waals surface area contributed by atoms with Gasteiger partial charge in [-0.05, 0) is 25.3 Å². The Bertz CT molecular complexity index is 713. The normalized spacial score (nSPS) is 24.4. The Morgan fingerprint density at radius 2 is 2.08 bits per heavy atom. The van der Waals surface area contributed by atoms with E-state index in [0.29, 0.717) is 32.1 Å². The highest BCUT2D eigenvalue weighted by Crippen LogP contribution is 2.33. The quantitative estimate of drug-likeness (QED) is 0.831. The fourth-order valence-corrected chi connectivity index (χ4v) is 3.51. The van der Waals surface area contributed by atoms with E-state index in [4.69, 9.17) is 11.6 Å². The summed E-state index contributed by atoms with van der Waals surface area (Å²) in [5.41, 5.74) is -0.946. The van der Waals surface area contributed by atoms with Crippen LogP contribution in [0.15, 0.2) is 12.3 Å². The van der Waals surface area contributed by atoms with Crippen LogP contribution in [0.3, 0.4) is 0 Å². The molecule has 142 valence electrons. The van der Waals surface area contributed by atoms with E-state index in [-0.39, 0.29) is 35.1 Å². The first-order valence-corrected chi connectivity index (χ1v) is 8.70. The summed E-state index contributed by atoms with van der Waals surface area (Å²) in [7, 11) is 0. The van der Waals surface area contributed by atoms with Gasteiger partial charge in [-0.25, -0.2) is 4.98 Å². The monoisotopic (exact) mass is 390 g/mol. The van der Waals surface area contributed by atoms with Crippen molar-refractivity contribution in [2.24, 2.45) is 0 Å². The molecule has 0 bridgehead atoms. The first-order valence-electron chi connectivity index (χ1n) is 8.32. The Hall–Kier alpha value is -2.03. The van der Waals surface area contributed by atoms with E-state index in [0.717, 1.165) is 12.5 Å². The van der Waals surface area contributed by atoms with Crippen molar-refractivity contribution < 1.29 is 22.8 Å². The van der Waals surface area contributed by atoms with Gasteiger partial charge in [-0.3, -0.25) is 9.59 Å². The Morgan fingerprint density at radius 1 is 1.31 bits per heavy atom. The van der Waals surface area contributed by atoms with Gasteiger partial charge in [0.2, 0.25) is 11.8 Å². The number of nitrogens with one attached hydrogen (secondary N) is 2. The summed E-state index contributed by atoms with van der Waals surface area (Å²) in [6.45, 7) is 1.08. The maximum Gasteiger partial charge on any atom is 0.417 e. The number of carbonyl (C=O) groups is 2. The number of alkyl halides is 3. The Kier molecular flexibility index (Phi) is 5.27. The molecular weight excluding hydrogens is 373 g/mol. The second kappa shape index (κ2) is 7.30. The maximum atomic E-state index is 12.8. The van der Waals surface area contributed by atoms with Gasteiger partial charge in [-0.2, -0.15) is 13.2 Å². The molecule has 26 heavy (non-hydrogen) atoms. The molecule has 0 spiro atoms. The molecule has 2 saturated heterocycles. The fraction of sp³-hybridized carbons (Fsp3) is 0.562. The Balaban J connectivity index is 1.71. The van der Waals surface area contributed by atoms with Crippen LogP contribution in [0.5, 0.6) is 0 Å². The van der Waals surface area contributed by atoms with Gasteiger partial charge in [0, 0.05) is 31.7 Å². The van der Waals surface area contributed by atoms with Crippen molar-refractivity contribution in [1.29, 1.82) is 0 Å². The van der Waals surface area contributed by atoms with Crippen molar-refractivity contribution in [2.45, 2.75) is 43.9 Å².